The molecule has 0 radical (unpaired) electrons. The van der Waals surface area contributed by atoms with Crippen LogP contribution in [0.15, 0.2) is 24.3 Å². The molecule has 1 unspecified atom stereocenters. The van der Waals surface area contributed by atoms with Crippen molar-refractivity contribution in [3.63, 3.8) is 0 Å². The molecule has 0 spiro atoms. The molecule has 1 atom stereocenters. The third-order valence-electron chi connectivity index (χ3n) is 2.84. The number of carbonyl (C=O) groups excluding carboxylic acids is 1. The van der Waals surface area contributed by atoms with Crippen LogP contribution in [-0.2, 0) is 16.0 Å². The maximum atomic E-state index is 12.9. The van der Waals surface area contributed by atoms with Crippen LogP contribution in [0.4, 0.5) is 22.4 Å². The van der Waals surface area contributed by atoms with Crippen molar-refractivity contribution in [1.82, 2.24) is 5.32 Å². The maximum absolute atomic E-state index is 12.9. The first-order valence-electron chi connectivity index (χ1n) is 7.46. The summed E-state index contributed by atoms with van der Waals surface area (Å²) < 4.78 is 59.1. The Bertz CT molecular complexity index is 646. The van der Waals surface area contributed by atoms with E-state index in [1.54, 1.807) is 20.8 Å². The van der Waals surface area contributed by atoms with Gasteiger partial charge in [-0.1, -0.05) is 12.1 Å². The molecule has 0 heterocycles. The second-order valence-electron chi connectivity index (χ2n) is 6.35. The number of aliphatic carboxylic acids is 1. The highest BCUT2D eigenvalue weighted by Gasteiger charge is 2.44. The van der Waals surface area contributed by atoms with Gasteiger partial charge in [0, 0.05) is 6.42 Å². The number of alkyl carbamates (subject to hydrolysis) is 1. The highest BCUT2D eigenvalue weighted by molar-refractivity contribution is 5.80. The first-order chi connectivity index (χ1) is 11.8. The lowest BCUT2D eigenvalue weighted by Crippen LogP contribution is -2.44. The number of hydrogen-bond acceptors (Lipinski definition) is 4. The van der Waals surface area contributed by atoms with E-state index in [1.807, 2.05) is 0 Å². The molecular weight excluding hydrogens is 362 g/mol. The molecule has 1 rings (SSSR count). The quantitative estimate of drug-likeness (QED) is 0.707. The molecule has 1 aromatic rings. The van der Waals surface area contributed by atoms with Gasteiger partial charge in [0.2, 0.25) is 0 Å². The summed E-state index contributed by atoms with van der Waals surface area (Å²) >= 11 is 0. The van der Waals surface area contributed by atoms with Gasteiger partial charge in [-0.15, -0.1) is 0 Å². The van der Waals surface area contributed by atoms with Crippen molar-refractivity contribution in [2.75, 3.05) is 0 Å². The Balaban J connectivity index is 2.85. The normalized spacial score (nSPS) is 13.2. The average molecular weight is 381 g/mol. The van der Waals surface area contributed by atoms with Crippen LogP contribution in [0.5, 0.6) is 5.75 Å². The molecule has 1 amide bonds. The van der Waals surface area contributed by atoms with Crippen molar-refractivity contribution in [2.45, 2.75) is 51.4 Å². The molecule has 0 aliphatic heterocycles. The zero-order chi connectivity index (χ0) is 20.1. The summed E-state index contributed by atoms with van der Waals surface area (Å²) in [6.07, 6.45) is -9.97. The Kier molecular flexibility index (Phi) is 6.82. The van der Waals surface area contributed by atoms with Gasteiger partial charge in [-0.3, -0.25) is 0 Å². The number of rotatable bonds is 7. The first kappa shape index (κ1) is 21.5. The molecule has 10 heteroatoms. The Morgan fingerprint density at radius 3 is 2.35 bits per heavy atom. The van der Waals surface area contributed by atoms with E-state index in [4.69, 9.17) is 4.74 Å². The van der Waals surface area contributed by atoms with Gasteiger partial charge in [-0.2, -0.15) is 17.6 Å². The van der Waals surface area contributed by atoms with E-state index in [9.17, 15) is 32.3 Å². The Morgan fingerprint density at radius 1 is 1.23 bits per heavy atom. The van der Waals surface area contributed by atoms with Gasteiger partial charge in [0.25, 0.3) is 0 Å². The standard InChI is InChI=1S/C16H19F4NO5/c1-15(2,3)26-14(24)21-11(12(22)23)8-9-5-4-6-10(7-9)25-16(19,20)13(17)18/h4-7,11,13H,8H2,1-3H3,(H,21,24)(H,22,23). The number of ether oxygens (including phenoxy) is 2. The van der Waals surface area contributed by atoms with Gasteiger partial charge in [0.05, 0.1) is 0 Å². The van der Waals surface area contributed by atoms with Gasteiger partial charge in [0.1, 0.15) is 17.4 Å². The Labute approximate surface area is 147 Å². The summed E-state index contributed by atoms with van der Waals surface area (Å²) in [5.74, 6) is -1.95. The number of hydrogen-bond donors (Lipinski definition) is 2. The van der Waals surface area contributed by atoms with E-state index in [1.165, 1.54) is 12.1 Å². The van der Waals surface area contributed by atoms with E-state index >= 15 is 0 Å². The van der Waals surface area contributed by atoms with Crippen LogP contribution in [-0.4, -0.2) is 41.3 Å². The van der Waals surface area contributed by atoms with E-state index in [0.29, 0.717) is 0 Å². The minimum absolute atomic E-state index is 0.177. The predicted octanol–water partition coefficient (Wildman–Crippen LogP) is 3.44. The molecular formula is C16H19F4NO5. The van der Waals surface area contributed by atoms with E-state index in [-0.39, 0.29) is 12.0 Å². The molecule has 0 bridgehead atoms. The predicted molar refractivity (Wildman–Crippen MR) is 82.5 cm³/mol. The molecule has 0 aromatic heterocycles. The summed E-state index contributed by atoms with van der Waals surface area (Å²) in [6.45, 7) is 4.77. The minimum atomic E-state index is -4.68. The maximum Gasteiger partial charge on any atom is 0.461 e. The number of halogens is 4. The average Bonchev–Trinajstić information content (AvgIpc) is 2.44. The molecule has 26 heavy (non-hydrogen) atoms. The van der Waals surface area contributed by atoms with Crippen LogP contribution >= 0.6 is 0 Å². The monoisotopic (exact) mass is 381 g/mol. The molecule has 6 nitrogen and oxygen atoms in total. The molecule has 0 aliphatic rings. The van der Waals surface area contributed by atoms with Crippen molar-refractivity contribution in [1.29, 1.82) is 0 Å². The van der Waals surface area contributed by atoms with Crippen molar-refractivity contribution in [3.8, 4) is 5.75 Å². The molecule has 146 valence electrons. The lowest BCUT2D eigenvalue weighted by Gasteiger charge is -2.22. The van der Waals surface area contributed by atoms with Gasteiger partial charge in [0.15, 0.2) is 0 Å². The largest absolute Gasteiger partial charge is 0.480 e. The summed E-state index contributed by atoms with van der Waals surface area (Å²) in [6, 6.07) is 3.20. The molecule has 0 aliphatic carbocycles. The fourth-order valence-corrected chi connectivity index (χ4v) is 1.82. The zero-order valence-electron chi connectivity index (χ0n) is 14.3. The molecule has 0 saturated heterocycles. The fraction of sp³-hybridized carbons (Fsp3) is 0.500. The molecule has 2 N–H and O–H groups in total. The van der Waals surface area contributed by atoms with Gasteiger partial charge < -0.3 is 19.9 Å². The Morgan fingerprint density at radius 2 is 1.85 bits per heavy atom. The number of nitrogens with one attached hydrogen (secondary N) is 1. The zero-order valence-corrected chi connectivity index (χ0v) is 14.3. The lowest BCUT2D eigenvalue weighted by atomic mass is 10.1. The number of carboxylic acids is 1. The van der Waals surface area contributed by atoms with Gasteiger partial charge in [-0.25, -0.2) is 9.59 Å². The molecule has 0 saturated carbocycles. The van der Waals surface area contributed by atoms with Crippen molar-refractivity contribution < 1.29 is 41.7 Å². The smallest absolute Gasteiger partial charge is 0.461 e. The SMILES string of the molecule is CC(C)(C)OC(=O)NC(Cc1cccc(OC(F)(F)C(F)F)c1)C(=O)O. The van der Waals surface area contributed by atoms with Crippen LogP contribution in [0.2, 0.25) is 0 Å². The second kappa shape index (κ2) is 8.24. The van der Waals surface area contributed by atoms with Crippen molar-refractivity contribution in [2.24, 2.45) is 0 Å². The summed E-state index contributed by atoms with van der Waals surface area (Å²) in [7, 11) is 0. The first-order valence-corrected chi connectivity index (χ1v) is 7.46. The van der Waals surface area contributed by atoms with Crippen molar-refractivity contribution >= 4 is 12.1 Å². The van der Waals surface area contributed by atoms with Crippen LogP contribution < -0.4 is 10.1 Å². The Hall–Kier alpha value is -2.52. The third-order valence-corrected chi connectivity index (χ3v) is 2.84. The van der Waals surface area contributed by atoms with E-state index < -0.39 is 42.0 Å². The summed E-state index contributed by atoms with van der Waals surface area (Å²) in [5.41, 5.74) is -0.669. The van der Waals surface area contributed by atoms with Crippen LogP contribution in [0.3, 0.4) is 0 Å². The molecule has 1 aromatic carbocycles. The lowest BCUT2D eigenvalue weighted by molar-refractivity contribution is -0.253. The highest BCUT2D eigenvalue weighted by atomic mass is 19.3. The van der Waals surface area contributed by atoms with E-state index in [2.05, 4.69) is 10.1 Å². The van der Waals surface area contributed by atoms with E-state index in [0.717, 1.165) is 12.1 Å². The van der Waals surface area contributed by atoms with Gasteiger partial charge in [-0.05, 0) is 38.5 Å². The second-order valence-corrected chi connectivity index (χ2v) is 6.35. The highest BCUT2D eigenvalue weighted by Crippen LogP contribution is 2.28. The van der Waals surface area contributed by atoms with Crippen LogP contribution in [0, 0.1) is 0 Å². The number of amides is 1. The van der Waals surface area contributed by atoms with Crippen molar-refractivity contribution in [3.05, 3.63) is 29.8 Å². The third kappa shape index (κ3) is 7.16. The summed E-state index contributed by atoms with van der Waals surface area (Å²) in [5, 5.41) is 11.3. The number of carboxylic acid groups (broad SMARTS) is 1. The fourth-order valence-electron chi connectivity index (χ4n) is 1.82. The number of carbonyl (C=O) groups is 2. The number of alkyl halides is 4. The minimum Gasteiger partial charge on any atom is -0.480 e. The molecule has 0 fully saturated rings. The summed E-state index contributed by atoms with van der Waals surface area (Å²) in [4.78, 5) is 23.0. The topological polar surface area (TPSA) is 84.9 Å². The van der Waals surface area contributed by atoms with Gasteiger partial charge >= 0.3 is 24.6 Å². The number of benzene rings is 1. The van der Waals surface area contributed by atoms with Crippen LogP contribution in [0.25, 0.3) is 0 Å². The van der Waals surface area contributed by atoms with Crippen LogP contribution in [0.1, 0.15) is 26.3 Å².